The lowest BCUT2D eigenvalue weighted by Gasteiger charge is -2.19. The van der Waals surface area contributed by atoms with Gasteiger partial charge in [-0.25, -0.2) is 0 Å². The fraction of sp³-hybridized carbons (Fsp3) is 1.00. The van der Waals surface area contributed by atoms with Crippen LogP contribution in [0.1, 0.15) is 12.8 Å². The van der Waals surface area contributed by atoms with Crippen molar-refractivity contribution in [3.8, 4) is 0 Å². The quantitative estimate of drug-likeness (QED) is 0.564. The van der Waals surface area contributed by atoms with E-state index in [-0.39, 0.29) is 0 Å². The molecule has 1 aliphatic rings. The summed E-state index contributed by atoms with van der Waals surface area (Å²) in [6, 6.07) is 0. The Labute approximate surface area is 62.6 Å². The predicted octanol–water partition coefficient (Wildman–Crippen LogP) is -0.414. The summed E-state index contributed by atoms with van der Waals surface area (Å²) in [5.41, 5.74) is 5.37. The Hall–Kier alpha value is -0.120. The molecule has 1 unspecified atom stereocenters. The summed E-state index contributed by atoms with van der Waals surface area (Å²) in [5, 5.41) is 3.38. The third-order valence-electron chi connectivity index (χ3n) is 2.04. The van der Waals surface area contributed by atoms with Gasteiger partial charge in [-0.1, -0.05) is 0 Å². The van der Waals surface area contributed by atoms with Gasteiger partial charge >= 0.3 is 0 Å². The van der Waals surface area contributed by atoms with E-state index in [0.717, 1.165) is 13.1 Å². The van der Waals surface area contributed by atoms with Crippen LogP contribution in [-0.2, 0) is 0 Å². The molecule has 0 radical (unpaired) electrons. The molecule has 0 spiro atoms. The van der Waals surface area contributed by atoms with Crippen molar-refractivity contribution in [2.45, 2.75) is 19.0 Å². The molecule has 0 bridgehead atoms. The van der Waals surface area contributed by atoms with Crippen LogP contribution in [0.25, 0.3) is 0 Å². The van der Waals surface area contributed by atoms with Gasteiger partial charge < -0.3 is 11.1 Å². The summed E-state index contributed by atoms with van der Waals surface area (Å²) >= 11 is 0. The molecule has 1 saturated heterocycles. The van der Waals surface area contributed by atoms with Crippen molar-refractivity contribution in [2.24, 2.45) is 5.73 Å². The second-order valence-electron chi connectivity index (χ2n) is 2.88. The second kappa shape index (κ2) is 3.91. The van der Waals surface area contributed by atoms with E-state index in [1.54, 1.807) is 0 Å². The summed E-state index contributed by atoms with van der Waals surface area (Å²) in [7, 11) is 2.15. The van der Waals surface area contributed by atoms with Gasteiger partial charge in [0.1, 0.15) is 0 Å². The average Bonchev–Trinajstić information content (AvgIpc) is 2.31. The van der Waals surface area contributed by atoms with Crippen molar-refractivity contribution >= 4 is 0 Å². The lowest BCUT2D eigenvalue weighted by atomic mass is 10.3. The van der Waals surface area contributed by atoms with Crippen molar-refractivity contribution in [1.82, 2.24) is 10.2 Å². The van der Waals surface area contributed by atoms with Crippen molar-refractivity contribution in [3.05, 3.63) is 0 Å². The molecule has 0 aromatic rings. The van der Waals surface area contributed by atoms with E-state index in [1.165, 1.54) is 19.4 Å². The van der Waals surface area contributed by atoms with Crippen molar-refractivity contribution < 1.29 is 0 Å². The number of hydrogen-bond donors (Lipinski definition) is 2. The zero-order valence-electron chi connectivity index (χ0n) is 6.64. The molecule has 10 heavy (non-hydrogen) atoms. The van der Waals surface area contributed by atoms with Gasteiger partial charge in [0, 0.05) is 13.1 Å². The van der Waals surface area contributed by atoms with Gasteiger partial charge in [-0.05, 0) is 26.4 Å². The highest BCUT2D eigenvalue weighted by Crippen LogP contribution is 2.10. The van der Waals surface area contributed by atoms with E-state index in [1.807, 2.05) is 0 Å². The summed E-state index contributed by atoms with van der Waals surface area (Å²) < 4.78 is 0. The normalized spacial score (nSPS) is 27.6. The fourth-order valence-corrected chi connectivity index (χ4v) is 1.42. The molecule has 1 heterocycles. The Kier molecular flexibility index (Phi) is 3.12. The molecule has 3 nitrogen and oxygen atoms in total. The van der Waals surface area contributed by atoms with Gasteiger partial charge in [0.15, 0.2) is 0 Å². The standard InChI is InChI=1S/C7H17N3/c1-10-6-2-3-7(10)9-5-4-8/h7,9H,2-6,8H2,1H3. The topological polar surface area (TPSA) is 41.3 Å². The number of nitrogens with one attached hydrogen (secondary N) is 1. The Bertz CT molecular complexity index is 94.9. The van der Waals surface area contributed by atoms with Crippen molar-refractivity contribution in [2.75, 3.05) is 26.7 Å². The highest BCUT2D eigenvalue weighted by atomic mass is 15.3. The van der Waals surface area contributed by atoms with Gasteiger partial charge in [-0.2, -0.15) is 0 Å². The molecule has 1 rings (SSSR count). The second-order valence-corrected chi connectivity index (χ2v) is 2.88. The third kappa shape index (κ3) is 1.94. The van der Waals surface area contributed by atoms with Crippen LogP contribution in [0.2, 0.25) is 0 Å². The molecule has 3 N–H and O–H groups in total. The Balaban J connectivity index is 2.14. The molecule has 0 aromatic heterocycles. The number of rotatable bonds is 3. The SMILES string of the molecule is CN1CCCC1NCCN. The first-order valence-corrected chi connectivity index (χ1v) is 3.98. The summed E-state index contributed by atoms with van der Waals surface area (Å²) in [4.78, 5) is 2.34. The van der Waals surface area contributed by atoms with E-state index < -0.39 is 0 Å². The number of hydrogen-bond acceptors (Lipinski definition) is 3. The summed E-state index contributed by atoms with van der Waals surface area (Å²) in [6.07, 6.45) is 3.18. The van der Waals surface area contributed by atoms with E-state index in [4.69, 9.17) is 5.73 Å². The fourth-order valence-electron chi connectivity index (χ4n) is 1.42. The molecule has 0 saturated carbocycles. The molecule has 3 heteroatoms. The molecule has 1 aliphatic heterocycles. The van der Waals surface area contributed by atoms with Crippen molar-refractivity contribution in [3.63, 3.8) is 0 Å². The number of nitrogens with zero attached hydrogens (tertiary/aromatic N) is 1. The smallest absolute Gasteiger partial charge is 0.0595 e. The molecule has 60 valence electrons. The van der Waals surface area contributed by atoms with E-state index >= 15 is 0 Å². The lowest BCUT2D eigenvalue weighted by Crippen LogP contribution is -2.40. The first-order chi connectivity index (χ1) is 4.84. The van der Waals surface area contributed by atoms with E-state index in [2.05, 4.69) is 17.3 Å². The largest absolute Gasteiger partial charge is 0.329 e. The molecular formula is C7H17N3. The molecular weight excluding hydrogens is 126 g/mol. The Morgan fingerprint density at radius 3 is 3.00 bits per heavy atom. The van der Waals surface area contributed by atoms with Crippen LogP contribution in [-0.4, -0.2) is 37.7 Å². The molecule has 1 fully saturated rings. The van der Waals surface area contributed by atoms with Gasteiger partial charge in [0.25, 0.3) is 0 Å². The van der Waals surface area contributed by atoms with Crippen LogP contribution in [0.3, 0.4) is 0 Å². The number of nitrogens with two attached hydrogens (primary N) is 1. The van der Waals surface area contributed by atoms with E-state index in [0.29, 0.717) is 6.17 Å². The summed E-state index contributed by atoms with van der Waals surface area (Å²) in [5.74, 6) is 0. The molecule has 0 aromatic carbocycles. The maximum Gasteiger partial charge on any atom is 0.0595 e. The van der Waals surface area contributed by atoms with E-state index in [9.17, 15) is 0 Å². The maximum absolute atomic E-state index is 5.37. The first kappa shape index (κ1) is 7.98. The maximum atomic E-state index is 5.37. The van der Waals surface area contributed by atoms with Gasteiger partial charge in [0.05, 0.1) is 6.17 Å². The van der Waals surface area contributed by atoms with Gasteiger partial charge in [-0.3, -0.25) is 4.90 Å². The highest BCUT2D eigenvalue weighted by molar-refractivity contribution is 4.73. The predicted molar refractivity (Wildman–Crippen MR) is 42.7 cm³/mol. The van der Waals surface area contributed by atoms with Crippen LogP contribution in [0.15, 0.2) is 0 Å². The van der Waals surface area contributed by atoms with Crippen LogP contribution < -0.4 is 11.1 Å². The minimum atomic E-state index is 0.587. The minimum Gasteiger partial charge on any atom is -0.329 e. The van der Waals surface area contributed by atoms with Crippen molar-refractivity contribution in [1.29, 1.82) is 0 Å². The summed E-state index contributed by atoms with van der Waals surface area (Å²) in [6.45, 7) is 2.90. The zero-order chi connectivity index (χ0) is 7.40. The van der Waals surface area contributed by atoms with Crippen LogP contribution in [0, 0.1) is 0 Å². The first-order valence-electron chi connectivity index (χ1n) is 3.98. The van der Waals surface area contributed by atoms with Gasteiger partial charge in [0.2, 0.25) is 0 Å². The molecule has 1 atom stereocenters. The van der Waals surface area contributed by atoms with Crippen LogP contribution >= 0.6 is 0 Å². The monoisotopic (exact) mass is 143 g/mol. The average molecular weight is 143 g/mol. The lowest BCUT2D eigenvalue weighted by molar-refractivity contribution is 0.267. The molecule has 0 amide bonds. The third-order valence-corrected chi connectivity index (χ3v) is 2.04. The Morgan fingerprint density at radius 2 is 2.50 bits per heavy atom. The number of likely N-dealkylation sites (tertiary alicyclic amines) is 1. The zero-order valence-corrected chi connectivity index (χ0v) is 6.64. The highest BCUT2D eigenvalue weighted by Gasteiger charge is 2.18. The van der Waals surface area contributed by atoms with Gasteiger partial charge in [-0.15, -0.1) is 0 Å². The molecule has 0 aliphatic carbocycles. The minimum absolute atomic E-state index is 0.587. The van der Waals surface area contributed by atoms with Crippen LogP contribution in [0.4, 0.5) is 0 Å². The Morgan fingerprint density at radius 1 is 1.70 bits per heavy atom. The van der Waals surface area contributed by atoms with Crippen LogP contribution in [0.5, 0.6) is 0 Å².